The molecule has 80 heavy (non-hydrogen) atoms. The lowest BCUT2D eigenvalue weighted by Gasteiger charge is -2.22. The summed E-state index contributed by atoms with van der Waals surface area (Å²) in [6.45, 7) is 4.97. The van der Waals surface area contributed by atoms with Gasteiger partial charge in [-0.2, -0.15) is 0 Å². The number of esters is 1. The van der Waals surface area contributed by atoms with Crippen LogP contribution in [0.4, 0.5) is 0 Å². The molecular formula is C74H143NO5. The quantitative estimate of drug-likeness (QED) is 0.0320. The Labute approximate surface area is 501 Å². The minimum Gasteiger partial charge on any atom is -0.466 e. The molecule has 0 heterocycles. The van der Waals surface area contributed by atoms with Gasteiger partial charge < -0.3 is 20.3 Å². The van der Waals surface area contributed by atoms with Crippen molar-refractivity contribution in [2.45, 2.75) is 424 Å². The number of allylic oxidation sites excluding steroid dienone is 4. The number of carbonyl (C=O) groups excluding carboxylic acids is 2. The third kappa shape index (κ3) is 65.5. The van der Waals surface area contributed by atoms with E-state index in [0.717, 1.165) is 51.4 Å². The second kappa shape index (κ2) is 69.8. The fourth-order valence-corrected chi connectivity index (χ4v) is 11.7. The van der Waals surface area contributed by atoms with Crippen molar-refractivity contribution in [2.75, 3.05) is 13.2 Å². The van der Waals surface area contributed by atoms with Crippen LogP contribution in [0.3, 0.4) is 0 Å². The third-order valence-electron chi connectivity index (χ3n) is 17.3. The summed E-state index contributed by atoms with van der Waals surface area (Å²) in [4.78, 5) is 24.7. The topological polar surface area (TPSA) is 95.9 Å². The minimum atomic E-state index is -0.665. The molecule has 0 radical (unpaired) electrons. The maximum absolute atomic E-state index is 12.6. The van der Waals surface area contributed by atoms with Crippen LogP contribution in [-0.4, -0.2) is 47.4 Å². The lowest BCUT2D eigenvalue weighted by molar-refractivity contribution is -0.143. The fourth-order valence-electron chi connectivity index (χ4n) is 11.7. The van der Waals surface area contributed by atoms with Crippen LogP contribution in [0, 0.1) is 0 Å². The van der Waals surface area contributed by atoms with Gasteiger partial charge in [-0.15, -0.1) is 0 Å². The van der Waals surface area contributed by atoms with E-state index < -0.39 is 12.1 Å². The van der Waals surface area contributed by atoms with Crippen LogP contribution in [0.1, 0.15) is 412 Å². The highest BCUT2D eigenvalue weighted by Crippen LogP contribution is 2.19. The van der Waals surface area contributed by atoms with E-state index in [1.54, 1.807) is 0 Å². The van der Waals surface area contributed by atoms with Crippen LogP contribution in [0.2, 0.25) is 0 Å². The molecule has 0 fully saturated rings. The zero-order valence-electron chi connectivity index (χ0n) is 54.3. The average Bonchev–Trinajstić information content (AvgIpc) is 3.46. The smallest absolute Gasteiger partial charge is 0.305 e. The molecule has 2 unspecified atom stereocenters. The van der Waals surface area contributed by atoms with Gasteiger partial charge in [-0.05, 0) is 57.8 Å². The molecule has 474 valence electrons. The number of rotatable bonds is 69. The molecule has 0 bridgehead atoms. The summed E-state index contributed by atoms with van der Waals surface area (Å²) >= 11 is 0. The van der Waals surface area contributed by atoms with Gasteiger partial charge in [0.15, 0.2) is 0 Å². The number of aliphatic hydroxyl groups is 2. The highest BCUT2D eigenvalue weighted by atomic mass is 16.5. The SMILES string of the molecule is CCCCC/C=C\C/C=C\CCCCCCCCCCCC(=O)OCCCCCCCCCCCCCCCCCCCCCCCCCC(=O)NC(CO)C(O)CCCCCCCCCCCCCCCCCCCCCCC. The van der Waals surface area contributed by atoms with E-state index >= 15 is 0 Å². The number of amides is 1. The Morgan fingerprint density at radius 2 is 0.625 bits per heavy atom. The summed E-state index contributed by atoms with van der Waals surface area (Å²) in [6.07, 6.45) is 88.0. The summed E-state index contributed by atoms with van der Waals surface area (Å²) in [7, 11) is 0. The van der Waals surface area contributed by atoms with E-state index in [-0.39, 0.29) is 18.5 Å². The minimum absolute atomic E-state index is 0.0118. The molecule has 0 aliphatic heterocycles. The lowest BCUT2D eigenvalue weighted by atomic mass is 10.0. The van der Waals surface area contributed by atoms with Gasteiger partial charge in [0.05, 0.1) is 25.4 Å². The van der Waals surface area contributed by atoms with Crippen LogP contribution in [0.5, 0.6) is 0 Å². The van der Waals surface area contributed by atoms with E-state index in [1.807, 2.05) is 0 Å². The normalized spacial score (nSPS) is 12.6. The van der Waals surface area contributed by atoms with Crippen LogP contribution >= 0.6 is 0 Å². The third-order valence-corrected chi connectivity index (χ3v) is 17.3. The monoisotopic (exact) mass is 1130 g/mol. The second-order valence-electron chi connectivity index (χ2n) is 25.3. The van der Waals surface area contributed by atoms with Gasteiger partial charge in [0.2, 0.25) is 5.91 Å². The summed E-state index contributed by atoms with van der Waals surface area (Å²) in [6, 6.07) is -0.542. The second-order valence-corrected chi connectivity index (χ2v) is 25.3. The van der Waals surface area contributed by atoms with Gasteiger partial charge >= 0.3 is 5.97 Å². The van der Waals surface area contributed by atoms with Crippen molar-refractivity contribution in [3.63, 3.8) is 0 Å². The van der Waals surface area contributed by atoms with Crippen LogP contribution in [0.25, 0.3) is 0 Å². The number of ether oxygens (including phenoxy) is 1. The van der Waals surface area contributed by atoms with Crippen LogP contribution < -0.4 is 5.32 Å². The first-order valence-electron chi connectivity index (χ1n) is 36.6. The molecule has 0 aromatic carbocycles. The Balaban J connectivity index is 3.36. The molecule has 0 saturated carbocycles. The van der Waals surface area contributed by atoms with Crippen molar-refractivity contribution in [1.29, 1.82) is 0 Å². The molecule has 1 amide bonds. The predicted molar refractivity (Wildman–Crippen MR) is 352 cm³/mol. The molecule has 2 atom stereocenters. The Kier molecular flexibility index (Phi) is 68.4. The molecule has 0 spiro atoms. The molecule has 0 aromatic rings. The molecular weight excluding hydrogens is 983 g/mol. The molecule has 3 N–H and O–H groups in total. The summed E-state index contributed by atoms with van der Waals surface area (Å²) in [5.74, 6) is -0.0180. The zero-order valence-corrected chi connectivity index (χ0v) is 54.3. The number of unbranched alkanes of at least 4 members (excludes halogenated alkanes) is 54. The van der Waals surface area contributed by atoms with Crippen LogP contribution in [-0.2, 0) is 14.3 Å². The molecule has 0 saturated heterocycles. The van der Waals surface area contributed by atoms with Gasteiger partial charge in [-0.3, -0.25) is 9.59 Å². The largest absolute Gasteiger partial charge is 0.466 e. The van der Waals surface area contributed by atoms with E-state index in [1.165, 1.54) is 327 Å². The Bertz CT molecular complexity index is 1250. The van der Waals surface area contributed by atoms with Gasteiger partial charge in [-0.25, -0.2) is 0 Å². The van der Waals surface area contributed by atoms with Crippen molar-refractivity contribution in [1.82, 2.24) is 5.32 Å². The Morgan fingerprint density at radius 1 is 0.350 bits per heavy atom. The lowest BCUT2D eigenvalue weighted by Crippen LogP contribution is -2.45. The molecule has 0 aliphatic rings. The van der Waals surface area contributed by atoms with Crippen molar-refractivity contribution in [3.8, 4) is 0 Å². The number of hydrogen-bond donors (Lipinski definition) is 3. The molecule has 0 aromatic heterocycles. The Hall–Kier alpha value is -1.66. The Morgan fingerprint density at radius 3 is 0.975 bits per heavy atom. The average molecular weight is 1130 g/mol. The van der Waals surface area contributed by atoms with E-state index in [2.05, 4.69) is 43.5 Å². The van der Waals surface area contributed by atoms with Crippen molar-refractivity contribution in [2.24, 2.45) is 0 Å². The standard InChI is InChI=1S/C74H143NO5/c1-3-5-7-9-11-13-15-17-19-21-23-27-31-34-38-42-46-50-54-58-62-66-72(77)71(70-76)75-73(78)67-63-59-55-51-47-43-39-35-32-28-25-24-26-29-33-37-41-45-49-53-57-61-65-69-80-74(79)68-64-60-56-52-48-44-40-36-30-22-20-18-16-14-12-10-8-6-4-2/h12,14,18,20,71-72,76-77H,3-11,13,15-17,19,21-70H2,1-2H3,(H,75,78)/b14-12-,20-18-. The first kappa shape index (κ1) is 78.3. The number of carbonyl (C=O) groups is 2. The number of hydrogen-bond acceptors (Lipinski definition) is 5. The molecule has 0 rings (SSSR count). The highest BCUT2D eigenvalue weighted by molar-refractivity contribution is 5.76. The molecule has 6 nitrogen and oxygen atoms in total. The van der Waals surface area contributed by atoms with Crippen molar-refractivity contribution >= 4 is 11.9 Å². The van der Waals surface area contributed by atoms with Crippen LogP contribution in [0.15, 0.2) is 24.3 Å². The maximum Gasteiger partial charge on any atom is 0.305 e. The summed E-state index contributed by atoms with van der Waals surface area (Å²) in [5, 5.41) is 23.4. The summed E-state index contributed by atoms with van der Waals surface area (Å²) < 4.78 is 5.51. The van der Waals surface area contributed by atoms with Gasteiger partial charge in [0.25, 0.3) is 0 Å². The van der Waals surface area contributed by atoms with E-state index in [4.69, 9.17) is 4.74 Å². The number of nitrogens with one attached hydrogen (secondary N) is 1. The number of aliphatic hydroxyl groups excluding tert-OH is 2. The van der Waals surface area contributed by atoms with Gasteiger partial charge in [-0.1, -0.05) is 366 Å². The van der Waals surface area contributed by atoms with E-state index in [0.29, 0.717) is 25.9 Å². The van der Waals surface area contributed by atoms with Gasteiger partial charge in [0.1, 0.15) is 0 Å². The van der Waals surface area contributed by atoms with E-state index in [9.17, 15) is 19.8 Å². The summed E-state index contributed by atoms with van der Waals surface area (Å²) in [5.41, 5.74) is 0. The van der Waals surface area contributed by atoms with Crippen molar-refractivity contribution < 1.29 is 24.5 Å². The maximum atomic E-state index is 12.6. The van der Waals surface area contributed by atoms with Gasteiger partial charge in [0, 0.05) is 12.8 Å². The van der Waals surface area contributed by atoms with Crippen molar-refractivity contribution in [3.05, 3.63) is 24.3 Å². The molecule has 0 aliphatic carbocycles. The predicted octanol–water partition coefficient (Wildman–Crippen LogP) is 23.7. The first-order chi connectivity index (χ1) is 39.5. The zero-order chi connectivity index (χ0) is 57.8. The molecule has 6 heteroatoms. The fraction of sp³-hybridized carbons (Fsp3) is 0.919. The highest BCUT2D eigenvalue weighted by Gasteiger charge is 2.20. The first-order valence-corrected chi connectivity index (χ1v) is 36.6.